The first-order valence-electron chi connectivity index (χ1n) is 27.7. The number of hydrogen-bond donors (Lipinski definition) is 3. The third-order valence-corrected chi connectivity index (χ3v) is 12.8. The van der Waals surface area contributed by atoms with Crippen LogP contribution >= 0.6 is 0 Å². The number of rotatable bonds is 47. The van der Waals surface area contributed by atoms with E-state index >= 15 is 0 Å². The molecule has 0 spiro atoms. The molecule has 1 saturated heterocycles. The van der Waals surface area contributed by atoms with E-state index in [0.717, 1.165) is 83.5 Å². The number of aliphatic carboxylic acids is 1. The van der Waals surface area contributed by atoms with Gasteiger partial charge in [0.2, 0.25) is 0 Å². The highest BCUT2D eigenvalue weighted by atomic mass is 16.7. The van der Waals surface area contributed by atoms with Gasteiger partial charge >= 0.3 is 23.9 Å². The van der Waals surface area contributed by atoms with Crippen LogP contribution in [0, 0.1) is 0 Å². The molecule has 0 amide bonds. The lowest BCUT2D eigenvalue weighted by Crippen LogP contribution is -2.61. The summed E-state index contributed by atoms with van der Waals surface area (Å²) in [5, 5.41) is 31.3. The Balaban J connectivity index is 2.71. The summed E-state index contributed by atoms with van der Waals surface area (Å²) in [7, 11) is 0. The quantitative estimate of drug-likeness (QED) is 0.0228. The summed E-state index contributed by atoms with van der Waals surface area (Å²) in [6, 6.07) is 0. The van der Waals surface area contributed by atoms with Gasteiger partial charge in [0.15, 0.2) is 24.6 Å². The summed E-state index contributed by atoms with van der Waals surface area (Å²) in [5.74, 6) is -3.10. The number of carboxylic acid groups (broad SMARTS) is 1. The van der Waals surface area contributed by atoms with Crippen LogP contribution < -0.4 is 0 Å². The standard InChI is InChI=1S/C55H100O12/c1-4-7-10-13-16-19-22-24-27-29-32-35-38-41-47(56)63-44-46(65-48(57)42-39-36-33-31-28-25-23-20-17-14-11-8-5-2)45-64-55-53(51(60)50(59)52(67-55)54(61)62)66-49(58)43-40-37-34-30-26-21-18-15-12-9-6-3/h19,22,46,50-53,55,59-60H,4-18,20-21,23-45H2,1-3H3,(H,61,62)/b22-19-. The van der Waals surface area contributed by atoms with Gasteiger partial charge in [-0.15, -0.1) is 0 Å². The van der Waals surface area contributed by atoms with E-state index in [2.05, 4.69) is 32.9 Å². The van der Waals surface area contributed by atoms with Crippen molar-refractivity contribution in [3.05, 3.63) is 12.2 Å². The second-order valence-electron chi connectivity index (χ2n) is 19.2. The zero-order chi connectivity index (χ0) is 49.0. The van der Waals surface area contributed by atoms with Crippen molar-refractivity contribution in [1.29, 1.82) is 0 Å². The predicted molar refractivity (Wildman–Crippen MR) is 267 cm³/mol. The lowest BCUT2D eigenvalue weighted by Gasteiger charge is -2.40. The highest BCUT2D eigenvalue weighted by molar-refractivity contribution is 5.74. The fourth-order valence-corrected chi connectivity index (χ4v) is 8.54. The highest BCUT2D eigenvalue weighted by Gasteiger charge is 2.50. The highest BCUT2D eigenvalue weighted by Crippen LogP contribution is 2.26. The maximum atomic E-state index is 13.1. The number of allylic oxidation sites excluding steroid dienone is 2. The summed E-state index contributed by atoms with van der Waals surface area (Å²) < 4.78 is 28.3. The lowest BCUT2D eigenvalue weighted by atomic mass is 9.98. The fourth-order valence-electron chi connectivity index (χ4n) is 8.54. The average Bonchev–Trinajstić information content (AvgIpc) is 3.31. The second kappa shape index (κ2) is 44.7. The van der Waals surface area contributed by atoms with Gasteiger partial charge in [0.05, 0.1) is 6.61 Å². The van der Waals surface area contributed by atoms with Crippen LogP contribution in [-0.4, -0.2) is 89.2 Å². The summed E-state index contributed by atoms with van der Waals surface area (Å²) in [6.45, 7) is 5.96. The molecule has 3 N–H and O–H groups in total. The number of hydrogen-bond acceptors (Lipinski definition) is 11. The molecule has 0 bridgehead atoms. The van der Waals surface area contributed by atoms with Crippen molar-refractivity contribution in [3.8, 4) is 0 Å². The molecular formula is C55H100O12. The topological polar surface area (TPSA) is 175 Å². The number of aliphatic hydroxyl groups is 2. The second-order valence-corrected chi connectivity index (χ2v) is 19.2. The van der Waals surface area contributed by atoms with Crippen LogP contribution in [0.25, 0.3) is 0 Å². The van der Waals surface area contributed by atoms with E-state index in [1.54, 1.807) is 0 Å². The monoisotopic (exact) mass is 953 g/mol. The molecule has 0 aromatic carbocycles. The van der Waals surface area contributed by atoms with Crippen molar-refractivity contribution in [2.45, 2.75) is 302 Å². The van der Waals surface area contributed by atoms with Crippen LogP contribution in [0.5, 0.6) is 0 Å². The molecule has 392 valence electrons. The van der Waals surface area contributed by atoms with Crippen LogP contribution in [0.4, 0.5) is 0 Å². The van der Waals surface area contributed by atoms with Gasteiger partial charge in [-0.05, 0) is 44.9 Å². The Morgan fingerprint density at radius 2 is 0.851 bits per heavy atom. The molecule has 12 nitrogen and oxygen atoms in total. The number of carbonyl (C=O) groups excluding carboxylic acids is 3. The normalized spacial score (nSPS) is 18.9. The van der Waals surface area contributed by atoms with E-state index < -0.39 is 67.3 Å². The predicted octanol–water partition coefficient (Wildman–Crippen LogP) is 13.3. The Kier molecular flexibility index (Phi) is 41.6. The van der Waals surface area contributed by atoms with Gasteiger partial charge in [-0.25, -0.2) is 4.79 Å². The van der Waals surface area contributed by atoms with Crippen LogP contribution in [0.15, 0.2) is 12.2 Å². The van der Waals surface area contributed by atoms with E-state index in [0.29, 0.717) is 19.3 Å². The minimum absolute atomic E-state index is 0.0669. The molecule has 6 unspecified atom stereocenters. The van der Waals surface area contributed by atoms with Crippen molar-refractivity contribution in [2.24, 2.45) is 0 Å². The first-order valence-corrected chi connectivity index (χ1v) is 27.7. The zero-order valence-corrected chi connectivity index (χ0v) is 42.9. The van der Waals surface area contributed by atoms with E-state index in [9.17, 15) is 34.5 Å². The van der Waals surface area contributed by atoms with Gasteiger partial charge in [-0.1, -0.05) is 213 Å². The molecule has 1 heterocycles. The number of carboxylic acids is 1. The smallest absolute Gasteiger partial charge is 0.335 e. The molecule has 0 radical (unpaired) electrons. The molecule has 67 heavy (non-hydrogen) atoms. The van der Waals surface area contributed by atoms with Crippen molar-refractivity contribution in [2.75, 3.05) is 13.2 Å². The number of carbonyl (C=O) groups is 4. The van der Waals surface area contributed by atoms with E-state index in [1.165, 1.54) is 122 Å². The molecule has 1 aliphatic rings. The first-order chi connectivity index (χ1) is 32.6. The maximum Gasteiger partial charge on any atom is 0.335 e. The largest absolute Gasteiger partial charge is 0.479 e. The van der Waals surface area contributed by atoms with Crippen LogP contribution in [0.3, 0.4) is 0 Å². The Labute approximate surface area is 407 Å². The number of aliphatic hydroxyl groups excluding tert-OH is 2. The van der Waals surface area contributed by atoms with Gasteiger partial charge in [-0.2, -0.15) is 0 Å². The zero-order valence-electron chi connectivity index (χ0n) is 42.9. The Hall–Kier alpha value is -2.54. The SMILES string of the molecule is CCCCCC/C=C\CCCCCCCC(=O)OCC(COC1OC(C(=O)O)C(O)C(O)C1OC(=O)CCCCCCCCCCCCC)OC(=O)CCCCCCCCCCCCCCC. The molecule has 6 atom stereocenters. The molecule has 0 aromatic rings. The van der Waals surface area contributed by atoms with E-state index in [-0.39, 0.29) is 25.9 Å². The molecule has 0 saturated carbocycles. The third-order valence-electron chi connectivity index (χ3n) is 12.8. The average molecular weight is 953 g/mol. The Bertz CT molecular complexity index is 1230. The maximum absolute atomic E-state index is 13.1. The summed E-state index contributed by atoms with van der Waals surface area (Å²) in [6.07, 6.45) is 34.8. The first kappa shape index (κ1) is 62.5. The molecule has 0 aromatic heterocycles. The summed E-state index contributed by atoms with van der Waals surface area (Å²) in [4.78, 5) is 50.9. The van der Waals surface area contributed by atoms with Gasteiger partial charge in [0, 0.05) is 19.3 Å². The molecular weight excluding hydrogens is 853 g/mol. The van der Waals surface area contributed by atoms with Crippen molar-refractivity contribution in [3.63, 3.8) is 0 Å². The summed E-state index contributed by atoms with van der Waals surface area (Å²) in [5.41, 5.74) is 0. The minimum Gasteiger partial charge on any atom is -0.479 e. The van der Waals surface area contributed by atoms with Gasteiger partial charge in [0.25, 0.3) is 0 Å². The van der Waals surface area contributed by atoms with Crippen molar-refractivity contribution < 1.29 is 58.2 Å². The lowest BCUT2D eigenvalue weighted by molar-refractivity contribution is -0.301. The molecule has 1 fully saturated rings. The van der Waals surface area contributed by atoms with Crippen molar-refractivity contribution >= 4 is 23.9 Å². The minimum atomic E-state index is -1.89. The number of esters is 3. The van der Waals surface area contributed by atoms with E-state index in [4.69, 9.17) is 23.7 Å². The third kappa shape index (κ3) is 35.3. The van der Waals surface area contributed by atoms with E-state index in [1.807, 2.05) is 0 Å². The van der Waals surface area contributed by atoms with Gasteiger partial charge < -0.3 is 39.0 Å². The van der Waals surface area contributed by atoms with Crippen LogP contribution in [0.1, 0.15) is 265 Å². The Morgan fingerprint density at radius 3 is 1.28 bits per heavy atom. The fraction of sp³-hybridized carbons (Fsp3) is 0.891. The van der Waals surface area contributed by atoms with Gasteiger partial charge in [0.1, 0.15) is 18.8 Å². The van der Waals surface area contributed by atoms with Gasteiger partial charge in [-0.3, -0.25) is 14.4 Å². The number of ether oxygens (including phenoxy) is 5. The van der Waals surface area contributed by atoms with Crippen LogP contribution in [0.2, 0.25) is 0 Å². The summed E-state index contributed by atoms with van der Waals surface area (Å²) >= 11 is 0. The molecule has 0 aliphatic carbocycles. The van der Waals surface area contributed by atoms with Crippen molar-refractivity contribution in [1.82, 2.24) is 0 Å². The Morgan fingerprint density at radius 1 is 0.478 bits per heavy atom. The molecule has 12 heteroatoms. The molecule has 1 rings (SSSR count). The van der Waals surface area contributed by atoms with Crippen LogP contribution in [-0.2, 0) is 42.9 Å². The number of unbranched alkanes of at least 4 members (excludes halogenated alkanes) is 31. The molecule has 1 aliphatic heterocycles.